The number of nitrogens with one attached hydrogen (secondary N) is 1. The number of fused-ring (bicyclic) bond motifs is 2. The van der Waals surface area contributed by atoms with Gasteiger partial charge < -0.3 is 0 Å². The molecule has 0 spiro atoms. The summed E-state index contributed by atoms with van der Waals surface area (Å²) in [5, 5.41) is 8.18. The number of hydrogen-bond acceptors (Lipinski definition) is 7. The molecule has 2 heterocycles. The van der Waals surface area contributed by atoms with E-state index in [2.05, 4.69) is 15.4 Å². The van der Waals surface area contributed by atoms with Crippen molar-refractivity contribution in [2.75, 3.05) is 11.6 Å². The van der Waals surface area contributed by atoms with Crippen molar-refractivity contribution in [3.05, 3.63) is 88.8 Å². The fraction of sp³-hybridized carbons (Fsp3) is 0.0435. The summed E-state index contributed by atoms with van der Waals surface area (Å²) in [5.41, 5.74) is 0.845. The Bertz CT molecular complexity index is 1710. The second kappa shape index (κ2) is 7.91. The first kappa shape index (κ1) is 21.0. The first-order valence-electron chi connectivity index (χ1n) is 9.81. The highest BCUT2D eigenvalue weighted by Crippen LogP contribution is 2.29. The van der Waals surface area contributed by atoms with Crippen LogP contribution < -0.4 is 10.9 Å². The first-order chi connectivity index (χ1) is 15.8. The fourth-order valence-corrected chi connectivity index (χ4v) is 5.07. The van der Waals surface area contributed by atoms with Crippen LogP contribution in [0.25, 0.3) is 26.7 Å². The quantitative estimate of drug-likeness (QED) is 0.424. The van der Waals surface area contributed by atoms with Gasteiger partial charge in [0, 0.05) is 11.6 Å². The van der Waals surface area contributed by atoms with Gasteiger partial charge in [0.2, 0.25) is 0 Å². The van der Waals surface area contributed by atoms with Crippen LogP contribution in [-0.2, 0) is 9.84 Å². The molecule has 5 aromatic rings. The molecule has 1 N–H and O–H groups in total. The molecule has 10 heteroatoms. The van der Waals surface area contributed by atoms with Gasteiger partial charge in [-0.25, -0.2) is 13.4 Å². The molecule has 0 aliphatic rings. The maximum atomic E-state index is 13.2. The summed E-state index contributed by atoms with van der Waals surface area (Å²) in [6.07, 6.45) is 1.14. The molecule has 0 unspecified atom stereocenters. The summed E-state index contributed by atoms with van der Waals surface area (Å²) in [6.45, 7) is 0. The molecule has 0 bridgehead atoms. The standard InChI is InChI=1S/C23H16N4O4S2/c1-33(30,31)15-11-12-18-19(13-15)32-23(24-18)25-21(28)20-16-9-5-6-10-17(16)22(29)27(26-20)14-7-3-2-4-8-14/h2-13H,1H3,(H,24,25,28). The van der Waals surface area contributed by atoms with E-state index in [4.69, 9.17) is 0 Å². The Morgan fingerprint density at radius 1 is 0.970 bits per heavy atom. The molecule has 5 rings (SSSR count). The van der Waals surface area contributed by atoms with E-state index in [1.165, 1.54) is 16.8 Å². The van der Waals surface area contributed by atoms with Gasteiger partial charge in [-0.2, -0.15) is 9.78 Å². The van der Waals surface area contributed by atoms with Crippen molar-refractivity contribution in [2.45, 2.75) is 4.90 Å². The third kappa shape index (κ3) is 3.90. The van der Waals surface area contributed by atoms with Gasteiger partial charge in [-0.05, 0) is 36.4 Å². The molecule has 0 radical (unpaired) electrons. The van der Waals surface area contributed by atoms with E-state index < -0.39 is 15.7 Å². The van der Waals surface area contributed by atoms with Crippen molar-refractivity contribution in [2.24, 2.45) is 0 Å². The van der Waals surface area contributed by atoms with Gasteiger partial charge in [-0.15, -0.1) is 0 Å². The number of para-hydroxylation sites is 1. The third-order valence-electron chi connectivity index (χ3n) is 5.03. The van der Waals surface area contributed by atoms with Crippen LogP contribution in [-0.4, -0.2) is 35.3 Å². The van der Waals surface area contributed by atoms with E-state index >= 15 is 0 Å². The highest BCUT2D eigenvalue weighted by Gasteiger charge is 2.19. The Balaban J connectivity index is 1.59. The largest absolute Gasteiger partial charge is 0.296 e. The van der Waals surface area contributed by atoms with Gasteiger partial charge in [-0.3, -0.25) is 14.9 Å². The lowest BCUT2D eigenvalue weighted by molar-refractivity contribution is 0.102. The van der Waals surface area contributed by atoms with E-state index in [1.54, 1.807) is 54.6 Å². The monoisotopic (exact) mass is 476 g/mol. The number of sulfone groups is 1. The van der Waals surface area contributed by atoms with Crippen LogP contribution in [0, 0.1) is 0 Å². The Morgan fingerprint density at radius 3 is 2.39 bits per heavy atom. The minimum absolute atomic E-state index is 0.0742. The number of carbonyl (C=O) groups is 1. The summed E-state index contributed by atoms with van der Waals surface area (Å²) in [6, 6.07) is 20.3. The Hall–Kier alpha value is -3.89. The molecule has 0 saturated heterocycles. The number of aromatic nitrogens is 3. The third-order valence-corrected chi connectivity index (χ3v) is 7.07. The van der Waals surface area contributed by atoms with Crippen molar-refractivity contribution in [1.29, 1.82) is 0 Å². The van der Waals surface area contributed by atoms with Crippen molar-refractivity contribution >= 4 is 53.2 Å². The zero-order valence-electron chi connectivity index (χ0n) is 17.2. The van der Waals surface area contributed by atoms with Crippen LogP contribution in [0.5, 0.6) is 0 Å². The zero-order valence-corrected chi connectivity index (χ0v) is 18.9. The molecule has 8 nitrogen and oxygen atoms in total. The highest BCUT2D eigenvalue weighted by molar-refractivity contribution is 7.90. The zero-order chi connectivity index (χ0) is 23.2. The number of thiazole rings is 1. The molecule has 0 saturated carbocycles. The second-order valence-electron chi connectivity index (χ2n) is 7.32. The Labute approximate surface area is 192 Å². The molecular formula is C23H16N4O4S2. The average molecular weight is 477 g/mol. The first-order valence-corrected chi connectivity index (χ1v) is 12.5. The number of amides is 1. The molecule has 3 aromatic carbocycles. The van der Waals surface area contributed by atoms with Gasteiger partial charge in [-0.1, -0.05) is 47.7 Å². The van der Waals surface area contributed by atoms with Crippen LogP contribution in [0.3, 0.4) is 0 Å². The predicted molar refractivity (Wildman–Crippen MR) is 128 cm³/mol. The van der Waals surface area contributed by atoms with Crippen LogP contribution in [0.2, 0.25) is 0 Å². The highest BCUT2D eigenvalue weighted by atomic mass is 32.2. The topological polar surface area (TPSA) is 111 Å². The summed E-state index contributed by atoms with van der Waals surface area (Å²) >= 11 is 1.16. The number of benzene rings is 3. The molecule has 2 aromatic heterocycles. The number of carbonyl (C=O) groups excluding carboxylic acids is 1. The van der Waals surface area contributed by atoms with Crippen molar-refractivity contribution in [3.8, 4) is 5.69 Å². The fourth-order valence-electron chi connectivity index (χ4n) is 3.45. The van der Waals surface area contributed by atoms with E-state index in [9.17, 15) is 18.0 Å². The average Bonchev–Trinajstić information content (AvgIpc) is 3.21. The van der Waals surface area contributed by atoms with Crippen molar-refractivity contribution in [3.63, 3.8) is 0 Å². The molecule has 0 aliphatic carbocycles. The van der Waals surface area contributed by atoms with Gasteiger partial charge in [0.25, 0.3) is 11.5 Å². The Kier molecular flexibility index (Phi) is 5.03. The lowest BCUT2D eigenvalue weighted by Gasteiger charge is -2.10. The Morgan fingerprint density at radius 2 is 1.67 bits per heavy atom. The van der Waals surface area contributed by atoms with Crippen LogP contribution >= 0.6 is 11.3 Å². The number of hydrogen-bond donors (Lipinski definition) is 1. The van der Waals surface area contributed by atoms with E-state index in [0.717, 1.165) is 17.6 Å². The number of nitrogens with zero attached hydrogens (tertiary/aromatic N) is 3. The maximum Gasteiger partial charge on any atom is 0.279 e. The van der Waals surface area contributed by atoms with Crippen LogP contribution in [0.15, 0.2) is 82.5 Å². The summed E-state index contributed by atoms with van der Waals surface area (Å²) in [7, 11) is -3.36. The summed E-state index contributed by atoms with van der Waals surface area (Å²) < 4.78 is 25.5. The van der Waals surface area contributed by atoms with Crippen molar-refractivity contribution < 1.29 is 13.2 Å². The summed E-state index contributed by atoms with van der Waals surface area (Å²) in [4.78, 5) is 30.8. The lowest BCUT2D eigenvalue weighted by atomic mass is 10.1. The molecule has 164 valence electrons. The molecular weight excluding hydrogens is 460 g/mol. The molecule has 0 atom stereocenters. The number of anilines is 1. The second-order valence-corrected chi connectivity index (χ2v) is 10.4. The smallest absolute Gasteiger partial charge is 0.279 e. The van der Waals surface area contributed by atoms with Crippen LogP contribution in [0.4, 0.5) is 5.13 Å². The maximum absolute atomic E-state index is 13.2. The predicted octanol–water partition coefficient (Wildman–Crippen LogP) is 3.65. The van der Waals surface area contributed by atoms with Gasteiger partial charge in [0.05, 0.1) is 26.2 Å². The minimum atomic E-state index is -3.36. The van der Waals surface area contributed by atoms with Gasteiger partial charge in [0.15, 0.2) is 20.7 Å². The normalized spacial score (nSPS) is 11.7. The molecule has 0 aliphatic heterocycles. The molecule has 33 heavy (non-hydrogen) atoms. The van der Waals surface area contributed by atoms with Crippen molar-refractivity contribution in [1.82, 2.24) is 14.8 Å². The van der Waals surface area contributed by atoms with Gasteiger partial charge >= 0.3 is 0 Å². The van der Waals surface area contributed by atoms with E-state index in [0.29, 0.717) is 31.8 Å². The SMILES string of the molecule is CS(=O)(=O)c1ccc2nc(NC(=O)c3nn(-c4ccccc4)c(=O)c4ccccc34)sc2c1. The minimum Gasteiger partial charge on any atom is -0.296 e. The molecule has 0 fully saturated rings. The summed E-state index contributed by atoms with van der Waals surface area (Å²) in [5.74, 6) is -0.529. The van der Waals surface area contributed by atoms with E-state index in [1.807, 2.05) is 6.07 Å². The number of rotatable bonds is 4. The van der Waals surface area contributed by atoms with Gasteiger partial charge in [0.1, 0.15) is 0 Å². The van der Waals surface area contributed by atoms with Crippen LogP contribution in [0.1, 0.15) is 10.5 Å². The lowest BCUT2D eigenvalue weighted by Crippen LogP contribution is -2.26. The molecule has 1 amide bonds. The van der Waals surface area contributed by atoms with E-state index in [-0.39, 0.29) is 16.1 Å².